The molecule has 1 aliphatic rings. The second-order valence-corrected chi connectivity index (χ2v) is 9.84. The summed E-state index contributed by atoms with van der Waals surface area (Å²) in [4.78, 5) is 13.1. The third-order valence-electron chi connectivity index (χ3n) is 6.73. The van der Waals surface area contributed by atoms with Gasteiger partial charge in [-0.2, -0.15) is 0 Å². The number of nitrogens with one attached hydrogen (secondary N) is 1. The van der Waals surface area contributed by atoms with E-state index >= 15 is 0 Å². The first-order valence-electron chi connectivity index (χ1n) is 11.4. The van der Waals surface area contributed by atoms with Crippen LogP contribution in [0.4, 0.5) is 10.2 Å². The molecule has 2 aromatic heterocycles. The van der Waals surface area contributed by atoms with Crippen LogP contribution < -0.4 is 5.32 Å². The minimum Gasteiger partial charge on any atom is -0.367 e. The van der Waals surface area contributed by atoms with Crippen molar-refractivity contribution in [1.29, 1.82) is 0 Å². The number of hydrogen-bond acceptors (Lipinski definition) is 4. The summed E-state index contributed by atoms with van der Waals surface area (Å²) >= 11 is 12.3. The molecular formula is C26H25Cl2FN4. The molecular weight excluding hydrogens is 458 g/mol. The monoisotopic (exact) mass is 482 g/mol. The highest BCUT2D eigenvalue weighted by atomic mass is 35.5. The van der Waals surface area contributed by atoms with Crippen molar-refractivity contribution < 1.29 is 4.39 Å². The molecule has 33 heavy (non-hydrogen) atoms. The van der Waals surface area contributed by atoms with Gasteiger partial charge in [0.2, 0.25) is 5.28 Å². The van der Waals surface area contributed by atoms with Gasteiger partial charge >= 0.3 is 0 Å². The zero-order chi connectivity index (χ0) is 22.9. The lowest BCUT2D eigenvalue weighted by molar-refractivity contribution is 0.302. The molecule has 0 amide bonds. The summed E-state index contributed by atoms with van der Waals surface area (Å²) in [5, 5.41) is 6.23. The molecule has 0 bridgehead atoms. The molecule has 0 saturated heterocycles. The Kier molecular flexibility index (Phi) is 6.35. The zero-order valence-corrected chi connectivity index (χ0v) is 19.9. The van der Waals surface area contributed by atoms with E-state index in [-0.39, 0.29) is 17.1 Å². The van der Waals surface area contributed by atoms with Gasteiger partial charge in [0, 0.05) is 28.0 Å². The van der Waals surface area contributed by atoms with Gasteiger partial charge < -0.3 is 5.32 Å². The molecule has 0 aliphatic heterocycles. The van der Waals surface area contributed by atoms with Gasteiger partial charge in [-0.05, 0) is 110 Å². The van der Waals surface area contributed by atoms with Crippen LogP contribution in [0.15, 0.2) is 48.7 Å². The van der Waals surface area contributed by atoms with Crippen LogP contribution in [0.1, 0.15) is 50.5 Å². The largest absolute Gasteiger partial charge is 0.367 e. The number of fused-ring (bicyclic) bond motifs is 2. The van der Waals surface area contributed by atoms with Crippen molar-refractivity contribution in [2.75, 3.05) is 5.32 Å². The fourth-order valence-corrected chi connectivity index (χ4v) is 5.52. The van der Waals surface area contributed by atoms with Gasteiger partial charge in [0.1, 0.15) is 11.6 Å². The van der Waals surface area contributed by atoms with Crippen molar-refractivity contribution in [3.05, 3.63) is 70.3 Å². The van der Waals surface area contributed by atoms with E-state index in [1.54, 1.807) is 18.2 Å². The predicted molar refractivity (Wildman–Crippen MR) is 134 cm³/mol. The Morgan fingerprint density at radius 1 is 0.970 bits per heavy atom. The summed E-state index contributed by atoms with van der Waals surface area (Å²) in [5.41, 5.74) is 2.83. The highest BCUT2D eigenvalue weighted by molar-refractivity contribution is 6.31. The standard InChI is InChI=1S/C26H25Cl2FN4/c1-15(31-25-21-8-6-18(27)13-24(21)32-26(28)33-25)12-16-2-4-17(5-3-16)20-10-11-30-23-9-7-19(29)14-22(20)23/h6-11,13-17H,2-5,12H2,1H3,(H,31,32,33). The maximum Gasteiger partial charge on any atom is 0.224 e. The molecule has 0 radical (unpaired) electrons. The molecule has 1 atom stereocenters. The summed E-state index contributed by atoms with van der Waals surface area (Å²) in [5.74, 6) is 1.62. The summed E-state index contributed by atoms with van der Waals surface area (Å²) in [6, 6.07) is 12.7. The van der Waals surface area contributed by atoms with Crippen LogP contribution in [-0.2, 0) is 0 Å². The van der Waals surface area contributed by atoms with Crippen LogP contribution in [0, 0.1) is 11.7 Å². The number of pyridine rings is 1. The Morgan fingerprint density at radius 3 is 2.61 bits per heavy atom. The molecule has 1 saturated carbocycles. The Hall–Kier alpha value is -2.50. The van der Waals surface area contributed by atoms with Gasteiger partial charge in [-0.1, -0.05) is 11.6 Å². The topological polar surface area (TPSA) is 50.7 Å². The molecule has 0 spiro atoms. The van der Waals surface area contributed by atoms with Crippen molar-refractivity contribution in [2.24, 2.45) is 5.92 Å². The quantitative estimate of drug-likeness (QED) is 0.295. The predicted octanol–water partition coefficient (Wildman–Crippen LogP) is 7.79. The van der Waals surface area contributed by atoms with E-state index in [1.807, 2.05) is 18.3 Å². The Morgan fingerprint density at radius 2 is 1.79 bits per heavy atom. The van der Waals surface area contributed by atoms with Gasteiger partial charge in [-0.15, -0.1) is 0 Å². The summed E-state index contributed by atoms with van der Waals surface area (Å²) < 4.78 is 13.9. The third-order valence-corrected chi connectivity index (χ3v) is 7.13. The van der Waals surface area contributed by atoms with Gasteiger partial charge in [0.25, 0.3) is 0 Å². The van der Waals surface area contributed by atoms with Crippen molar-refractivity contribution in [3.63, 3.8) is 0 Å². The lowest BCUT2D eigenvalue weighted by Crippen LogP contribution is -2.23. The first kappa shape index (κ1) is 22.3. The van der Waals surface area contributed by atoms with Gasteiger partial charge in [0.05, 0.1) is 11.0 Å². The first-order chi connectivity index (χ1) is 16.0. The van der Waals surface area contributed by atoms with Gasteiger partial charge in [0.15, 0.2) is 0 Å². The Labute approximate surface area is 202 Å². The maximum absolute atomic E-state index is 13.9. The van der Waals surface area contributed by atoms with E-state index in [2.05, 4.69) is 33.3 Å². The van der Waals surface area contributed by atoms with Crippen LogP contribution >= 0.6 is 23.2 Å². The van der Waals surface area contributed by atoms with Crippen LogP contribution in [0.3, 0.4) is 0 Å². The van der Waals surface area contributed by atoms with Crippen LogP contribution in [-0.4, -0.2) is 21.0 Å². The summed E-state index contributed by atoms with van der Waals surface area (Å²) in [6.07, 6.45) is 7.40. The highest BCUT2D eigenvalue weighted by Gasteiger charge is 2.25. The average Bonchev–Trinajstić information content (AvgIpc) is 2.78. The molecule has 4 aromatic rings. The highest BCUT2D eigenvalue weighted by Crippen LogP contribution is 2.40. The molecule has 170 valence electrons. The number of rotatable bonds is 5. The van der Waals surface area contributed by atoms with Crippen LogP contribution in [0.5, 0.6) is 0 Å². The molecule has 1 aliphatic carbocycles. The lowest BCUT2D eigenvalue weighted by atomic mass is 9.76. The minimum absolute atomic E-state index is 0.204. The Balaban J connectivity index is 1.24. The normalized spacial score (nSPS) is 19.6. The number of anilines is 1. The molecule has 7 heteroatoms. The second-order valence-electron chi connectivity index (χ2n) is 9.06. The molecule has 1 N–H and O–H groups in total. The number of nitrogens with zero attached hydrogens (tertiary/aromatic N) is 3. The van der Waals surface area contributed by atoms with E-state index in [4.69, 9.17) is 23.2 Å². The summed E-state index contributed by atoms with van der Waals surface area (Å²) in [7, 11) is 0. The van der Waals surface area contributed by atoms with Crippen LogP contribution in [0.2, 0.25) is 10.3 Å². The van der Waals surface area contributed by atoms with Gasteiger partial charge in [-0.25, -0.2) is 14.4 Å². The van der Waals surface area contributed by atoms with E-state index in [0.717, 1.165) is 59.7 Å². The second kappa shape index (κ2) is 9.40. The first-order valence-corrected chi connectivity index (χ1v) is 12.2. The fraction of sp³-hybridized carbons (Fsp3) is 0.346. The van der Waals surface area contributed by atoms with Crippen molar-refractivity contribution in [3.8, 4) is 0 Å². The van der Waals surface area contributed by atoms with Crippen molar-refractivity contribution in [2.45, 2.75) is 51.0 Å². The molecule has 1 fully saturated rings. The maximum atomic E-state index is 13.9. The SMILES string of the molecule is CC(CC1CCC(c2ccnc3ccc(F)cc23)CC1)Nc1nc(Cl)nc2cc(Cl)ccc12. The third kappa shape index (κ3) is 4.90. The lowest BCUT2D eigenvalue weighted by Gasteiger charge is -2.31. The van der Waals surface area contributed by atoms with E-state index in [9.17, 15) is 4.39 Å². The summed E-state index contributed by atoms with van der Waals surface area (Å²) in [6.45, 7) is 2.18. The minimum atomic E-state index is -0.204. The van der Waals surface area contributed by atoms with E-state index in [1.165, 1.54) is 11.6 Å². The molecule has 5 rings (SSSR count). The van der Waals surface area contributed by atoms with E-state index < -0.39 is 0 Å². The molecule has 4 nitrogen and oxygen atoms in total. The Bertz CT molecular complexity index is 1300. The molecule has 2 heterocycles. The number of aromatic nitrogens is 3. The number of halogens is 3. The fourth-order valence-electron chi connectivity index (χ4n) is 5.18. The van der Waals surface area contributed by atoms with Gasteiger partial charge in [-0.3, -0.25) is 4.98 Å². The zero-order valence-electron chi connectivity index (χ0n) is 18.4. The average molecular weight is 483 g/mol. The van der Waals surface area contributed by atoms with Crippen LogP contribution in [0.25, 0.3) is 21.8 Å². The molecule has 2 aromatic carbocycles. The smallest absolute Gasteiger partial charge is 0.224 e. The molecule has 1 unspecified atom stereocenters. The van der Waals surface area contributed by atoms with E-state index in [0.29, 0.717) is 16.9 Å². The number of benzene rings is 2. The van der Waals surface area contributed by atoms with Crippen molar-refractivity contribution in [1.82, 2.24) is 15.0 Å². The van der Waals surface area contributed by atoms with Crippen molar-refractivity contribution >= 4 is 50.8 Å². The number of hydrogen-bond donors (Lipinski definition) is 1.